The molecule has 4 fully saturated rings. The van der Waals surface area contributed by atoms with Crippen LogP contribution in [0.15, 0.2) is 41.4 Å². The van der Waals surface area contributed by atoms with E-state index in [-0.39, 0.29) is 5.41 Å². The zero-order valence-corrected chi connectivity index (χ0v) is 22.7. The second-order valence-electron chi connectivity index (χ2n) is 11.9. The average Bonchev–Trinajstić information content (AvgIpc) is 3.59. The fraction of sp³-hybridized carbons (Fsp3) is 0.643. The molecule has 7 heteroatoms. The van der Waals surface area contributed by atoms with Gasteiger partial charge in [0.25, 0.3) is 0 Å². The van der Waals surface area contributed by atoms with Crippen LogP contribution in [-0.2, 0) is 5.41 Å². The second-order valence-corrected chi connectivity index (χ2v) is 12.7. The number of thioether (sulfide) groups is 1. The molecular formula is C28H40N6S. The number of pyridine rings is 2. The third-order valence-corrected chi connectivity index (χ3v) is 10.0. The highest BCUT2D eigenvalue weighted by molar-refractivity contribution is 7.98. The van der Waals surface area contributed by atoms with Crippen LogP contribution in [0.2, 0.25) is 0 Å². The monoisotopic (exact) mass is 492 g/mol. The van der Waals surface area contributed by atoms with Gasteiger partial charge >= 0.3 is 0 Å². The zero-order valence-electron chi connectivity index (χ0n) is 21.9. The predicted octanol–water partition coefficient (Wildman–Crippen LogP) is 3.68. The van der Waals surface area contributed by atoms with E-state index in [1.807, 2.05) is 0 Å². The molecule has 4 saturated heterocycles. The molecule has 0 saturated carbocycles. The lowest BCUT2D eigenvalue weighted by molar-refractivity contribution is 0.245. The van der Waals surface area contributed by atoms with Gasteiger partial charge in [0.2, 0.25) is 0 Å². The number of nitrogens with zero attached hydrogens (tertiary/aromatic N) is 6. The number of likely N-dealkylation sites (tertiary alicyclic amines) is 2. The zero-order chi connectivity index (χ0) is 24.3. The van der Waals surface area contributed by atoms with E-state index in [4.69, 9.17) is 9.97 Å². The summed E-state index contributed by atoms with van der Waals surface area (Å²) in [5, 5.41) is 1.10. The number of rotatable bonds is 5. The lowest BCUT2D eigenvalue weighted by Gasteiger charge is -2.35. The number of fused-ring (bicyclic) bond motifs is 2. The van der Waals surface area contributed by atoms with E-state index < -0.39 is 0 Å². The van der Waals surface area contributed by atoms with Gasteiger partial charge in [0.15, 0.2) is 0 Å². The van der Waals surface area contributed by atoms with Crippen LogP contribution in [0, 0.1) is 17.8 Å². The summed E-state index contributed by atoms with van der Waals surface area (Å²) >= 11 is 1.73. The van der Waals surface area contributed by atoms with Gasteiger partial charge in [0.1, 0.15) is 11.6 Å². The first-order chi connectivity index (χ1) is 16.8. The minimum absolute atomic E-state index is 0.0123. The highest BCUT2D eigenvalue weighted by atomic mass is 32.2. The normalized spacial score (nSPS) is 31.4. The summed E-state index contributed by atoms with van der Waals surface area (Å²) in [6, 6.07) is 14.4. The Bertz CT molecular complexity index is 1070. The largest absolute Gasteiger partial charge is 0.352 e. The first-order valence-electron chi connectivity index (χ1n) is 13.2. The SMILES string of the molecule is CSc1cccc(N2CC(C(C)(C)c3cccc(N4CCC5CN(C)CC54)n3)[C@@H]3CN(C)C[C@@H]32)n1. The Kier molecular flexibility index (Phi) is 6.01. The van der Waals surface area contributed by atoms with Crippen molar-refractivity contribution < 1.29 is 0 Å². The first-order valence-corrected chi connectivity index (χ1v) is 14.5. The maximum atomic E-state index is 5.37. The topological polar surface area (TPSA) is 38.7 Å². The van der Waals surface area contributed by atoms with Crippen LogP contribution in [0.4, 0.5) is 11.6 Å². The molecule has 0 spiro atoms. The van der Waals surface area contributed by atoms with Gasteiger partial charge in [-0.2, -0.15) is 0 Å². The molecule has 0 amide bonds. The number of likely N-dealkylation sites (N-methyl/N-ethyl adjacent to an activating group) is 2. The summed E-state index contributed by atoms with van der Waals surface area (Å²) in [5.74, 6) is 4.27. The molecular weight excluding hydrogens is 452 g/mol. The Hall–Kier alpha value is -1.83. The van der Waals surface area contributed by atoms with Crippen molar-refractivity contribution in [3.63, 3.8) is 0 Å². The Morgan fingerprint density at radius 1 is 0.829 bits per heavy atom. The Balaban J connectivity index is 1.29. The molecule has 0 N–H and O–H groups in total. The predicted molar refractivity (Wildman–Crippen MR) is 146 cm³/mol. The second kappa shape index (κ2) is 8.93. The Morgan fingerprint density at radius 3 is 2.34 bits per heavy atom. The number of hydrogen-bond acceptors (Lipinski definition) is 7. The summed E-state index contributed by atoms with van der Waals surface area (Å²) in [7, 11) is 4.53. The lowest BCUT2D eigenvalue weighted by atomic mass is 9.70. The van der Waals surface area contributed by atoms with E-state index in [1.54, 1.807) is 11.8 Å². The van der Waals surface area contributed by atoms with Crippen molar-refractivity contribution in [2.24, 2.45) is 17.8 Å². The smallest absolute Gasteiger partial charge is 0.130 e. The van der Waals surface area contributed by atoms with Gasteiger partial charge in [-0.3, -0.25) is 0 Å². The van der Waals surface area contributed by atoms with Crippen molar-refractivity contribution in [2.45, 2.75) is 42.8 Å². The fourth-order valence-electron chi connectivity index (χ4n) is 7.51. The van der Waals surface area contributed by atoms with Crippen molar-refractivity contribution in [1.29, 1.82) is 0 Å². The molecule has 4 aliphatic heterocycles. The molecule has 0 aromatic carbocycles. The molecule has 0 aliphatic carbocycles. The molecule has 2 aromatic heterocycles. The van der Waals surface area contributed by atoms with E-state index in [0.29, 0.717) is 23.9 Å². The van der Waals surface area contributed by atoms with E-state index >= 15 is 0 Å². The first kappa shape index (κ1) is 23.6. The van der Waals surface area contributed by atoms with E-state index in [0.717, 1.165) is 49.5 Å². The van der Waals surface area contributed by atoms with Gasteiger partial charge in [-0.15, -0.1) is 11.8 Å². The quantitative estimate of drug-likeness (QED) is 0.590. The minimum Gasteiger partial charge on any atom is -0.352 e. The molecule has 4 aliphatic rings. The molecule has 2 aromatic rings. The van der Waals surface area contributed by atoms with Gasteiger partial charge in [0, 0.05) is 62.5 Å². The summed E-state index contributed by atoms with van der Waals surface area (Å²) in [4.78, 5) is 20.6. The highest BCUT2D eigenvalue weighted by Gasteiger charge is 2.52. The molecule has 3 unspecified atom stereocenters. The van der Waals surface area contributed by atoms with Gasteiger partial charge in [-0.1, -0.05) is 26.0 Å². The Labute approximate surface area is 215 Å². The minimum atomic E-state index is -0.0123. The molecule has 0 radical (unpaired) electrons. The van der Waals surface area contributed by atoms with Crippen molar-refractivity contribution in [1.82, 2.24) is 19.8 Å². The lowest BCUT2D eigenvalue weighted by Crippen LogP contribution is -2.39. The number of hydrogen-bond donors (Lipinski definition) is 0. The van der Waals surface area contributed by atoms with Gasteiger partial charge in [-0.05, 0) is 68.8 Å². The van der Waals surface area contributed by atoms with Crippen LogP contribution in [0.25, 0.3) is 0 Å². The maximum absolute atomic E-state index is 5.37. The van der Waals surface area contributed by atoms with Gasteiger partial charge in [0.05, 0.1) is 5.03 Å². The molecule has 5 atom stereocenters. The summed E-state index contributed by atoms with van der Waals surface area (Å²) in [5.41, 5.74) is 1.23. The molecule has 0 bridgehead atoms. The molecule has 6 heterocycles. The summed E-state index contributed by atoms with van der Waals surface area (Å²) < 4.78 is 0. The third-order valence-electron chi connectivity index (χ3n) is 9.38. The summed E-state index contributed by atoms with van der Waals surface area (Å²) in [6.45, 7) is 11.7. The van der Waals surface area contributed by atoms with Crippen molar-refractivity contribution >= 4 is 23.4 Å². The molecule has 6 rings (SSSR count). The van der Waals surface area contributed by atoms with Crippen molar-refractivity contribution in [3.05, 3.63) is 42.1 Å². The van der Waals surface area contributed by atoms with E-state index in [9.17, 15) is 0 Å². The third kappa shape index (κ3) is 4.04. The molecule has 6 nitrogen and oxygen atoms in total. The maximum Gasteiger partial charge on any atom is 0.130 e. The van der Waals surface area contributed by atoms with Gasteiger partial charge < -0.3 is 19.6 Å². The van der Waals surface area contributed by atoms with Crippen molar-refractivity contribution in [2.75, 3.05) is 69.4 Å². The van der Waals surface area contributed by atoms with E-state index in [2.05, 4.69) is 90.2 Å². The average molecular weight is 493 g/mol. The highest BCUT2D eigenvalue weighted by Crippen LogP contribution is 2.47. The molecule has 35 heavy (non-hydrogen) atoms. The molecule has 188 valence electrons. The van der Waals surface area contributed by atoms with Crippen LogP contribution in [-0.4, -0.2) is 91.5 Å². The number of aromatic nitrogens is 2. The van der Waals surface area contributed by atoms with Crippen molar-refractivity contribution in [3.8, 4) is 0 Å². The van der Waals surface area contributed by atoms with Gasteiger partial charge in [-0.25, -0.2) is 9.97 Å². The van der Waals surface area contributed by atoms with Crippen LogP contribution in [0.5, 0.6) is 0 Å². The summed E-state index contributed by atoms with van der Waals surface area (Å²) in [6.07, 6.45) is 3.40. The van der Waals surface area contributed by atoms with Crippen LogP contribution < -0.4 is 9.80 Å². The number of anilines is 2. The standard InChI is InChI=1S/C28H40N6S/c1-28(2,24-8-6-9-25(29-24)33-13-12-19-14-31(3)17-22(19)33)21-16-34(23-18-32(4)15-20(21)23)26-10-7-11-27(30-26)35-5/h6-11,19-23H,12-18H2,1-5H3/t19?,20-,21?,22?,23-/m0/s1. The Morgan fingerprint density at radius 2 is 1.54 bits per heavy atom. The van der Waals surface area contributed by atoms with Crippen LogP contribution in [0.1, 0.15) is 26.0 Å². The van der Waals surface area contributed by atoms with Crippen LogP contribution in [0.3, 0.4) is 0 Å². The fourth-order valence-corrected chi connectivity index (χ4v) is 7.91. The van der Waals surface area contributed by atoms with E-state index in [1.165, 1.54) is 24.5 Å². The van der Waals surface area contributed by atoms with Crippen LogP contribution >= 0.6 is 11.8 Å².